The summed E-state index contributed by atoms with van der Waals surface area (Å²) >= 11 is 0. The second-order valence-corrected chi connectivity index (χ2v) is 6.12. The van der Waals surface area contributed by atoms with Gasteiger partial charge in [-0.2, -0.15) is 0 Å². The minimum Gasteiger partial charge on any atom is -0.481 e. The molecule has 0 unspecified atom stereocenters. The van der Waals surface area contributed by atoms with Crippen molar-refractivity contribution >= 4 is 5.97 Å². The molecule has 0 aromatic carbocycles. The van der Waals surface area contributed by atoms with E-state index in [1.165, 1.54) is 25.7 Å². The topological polar surface area (TPSA) is 49.8 Å². The Kier molecular flexibility index (Phi) is 11.2. The standard InChI is InChI=1S/C20H32O3/c1-2-3-12-15-18-19(23-18)16-13-10-8-6-4-5-7-9-11-14-17-20(21)22/h4,6-7,9-10,13,18-19H,2-3,5,8,11-12,14-17H2,1H3,(H,21,22)/b6-4+,9-7+,13-10+/t18-,19+/m1/s1. The number of allylic oxidation sites excluding steroid dienone is 5. The molecule has 1 aliphatic rings. The van der Waals surface area contributed by atoms with Gasteiger partial charge < -0.3 is 9.84 Å². The van der Waals surface area contributed by atoms with Gasteiger partial charge in [0.25, 0.3) is 0 Å². The van der Waals surface area contributed by atoms with Gasteiger partial charge in [0.1, 0.15) is 0 Å². The molecule has 0 radical (unpaired) electrons. The third-order valence-corrected chi connectivity index (χ3v) is 3.95. The van der Waals surface area contributed by atoms with E-state index in [4.69, 9.17) is 9.84 Å². The van der Waals surface area contributed by atoms with Gasteiger partial charge in [-0.3, -0.25) is 4.79 Å². The molecular weight excluding hydrogens is 288 g/mol. The fourth-order valence-electron chi connectivity index (χ4n) is 2.50. The van der Waals surface area contributed by atoms with Gasteiger partial charge in [0, 0.05) is 6.42 Å². The van der Waals surface area contributed by atoms with Gasteiger partial charge in [-0.25, -0.2) is 0 Å². The Morgan fingerprint density at radius 1 is 0.957 bits per heavy atom. The van der Waals surface area contributed by atoms with E-state index in [2.05, 4.69) is 43.4 Å². The molecular formula is C20H32O3. The first-order valence-electron chi connectivity index (χ1n) is 9.06. The number of epoxide rings is 1. The first kappa shape index (κ1) is 19.7. The summed E-state index contributed by atoms with van der Waals surface area (Å²) in [4.78, 5) is 10.3. The Labute approximate surface area is 141 Å². The quantitative estimate of drug-likeness (QED) is 0.264. The van der Waals surface area contributed by atoms with E-state index < -0.39 is 5.97 Å². The predicted molar refractivity (Wildman–Crippen MR) is 95.6 cm³/mol. The van der Waals surface area contributed by atoms with Crippen LogP contribution in [0.2, 0.25) is 0 Å². The molecule has 0 aromatic rings. The third kappa shape index (κ3) is 11.8. The molecule has 0 aromatic heterocycles. The SMILES string of the molecule is CCCCC[C@H]1O[C@H]1C/C=C/C/C=C/C/C=C/CCCC(=O)O. The largest absolute Gasteiger partial charge is 0.481 e. The molecule has 1 heterocycles. The molecule has 1 fully saturated rings. The van der Waals surface area contributed by atoms with Crippen LogP contribution in [0.25, 0.3) is 0 Å². The van der Waals surface area contributed by atoms with Crippen molar-refractivity contribution in [2.45, 2.75) is 83.3 Å². The number of carboxylic acid groups (broad SMARTS) is 1. The van der Waals surface area contributed by atoms with Gasteiger partial charge >= 0.3 is 5.97 Å². The molecule has 1 rings (SSSR count). The number of carbonyl (C=O) groups is 1. The zero-order chi connectivity index (χ0) is 16.8. The summed E-state index contributed by atoms with van der Waals surface area (Å²) in [6.45, 7) is 2.23. The molecule has 0 amide bonds. The number of hydrogen-bond donors (Lipinski definition) is 1. The minimum absolute atomic E-state index is 0.259. The fraction of sp³-hybridized carbons (Fsp3) is 0.650. The molecule has 0 saturated carbocycles. The van der Waals surface area contributed by atoms with Crippen molar-refractivity contribution < 1.29 is 14.6 Å². The fourth-order valence-corrected chi connectivity index (χ4v) is 2.50. The Bertz CT molecular complexity index is 396. The highest BCUT2D eigenvalue weighted by molar-refractivity contribution is 5.66. The van der Waals surface area contributed by atoms with Crippen LogP contribution in [0.3, 0.4) is 0 Å². The number of hydrogen-bond acceptors (Lipinski definition) is 2. The summed E-state index contributed by atoms with van der Waals surface area (Å²) in [5, 5.41) is 8.51. The molecule has 0 aliphatic carbocycles. The van der Waals surface area contributed by atoms with Crippen LogP contribution in [-0.4, -0.2) is 23.3 Å². The molecule has 1 N–H and O–H groups in total. The molecule has 23 heavy (non-hydrogen) atoms. The maximum Gasteiger partial charge on any atom is 0.303 e. The average Bonchev–Trinajstić information content (AvgIpc) is 3.27. The lowest BCUT2D eigenvalue weighted by Crippen LogP contribution is -1.92. The average molecular weight is 320 g/mol. The molecule has 2 atom stereocenters. The van der Waals surface area contributed by atoms with Gasteiger partial charge in [0.05, 0.1) is 12.2 Å². The van der Waals surface area contributed by atoms with Crippen LogP contribution in [0.5, 0.6) is 0 Å². The third-order valence-electron chi connectivity index (χ3n) is 3.95. The Hall–Kier alpha value is -1.35. The zero-order valence-electron chi connectivity index (χ0n) is 14.5. The Balaban J connectivity index is 1.90. The predicted octanol–water partition coefficient (Wildman–Crippen LogP) is 5.43. The molecule has 3 heteroatoms. The molecule has 1 saturated heterocycles. The second kappa shape index (κ2) is 13.1. The lowest BCUT2D eigenvalue weighted by Gasteiger charge is -1.93. The van der Waals surface area contributed by atoms with E-state index >= 15 is 0 Å². The molecule has 3 nitrogen and oxygen atoms in total. The second-order valence-electron chi connectivity index (χ2n) is 6.12. The zero-order valence-corrected chi connectivity index (χ0v) is 14.5. The van der Waals surface area contributed by atoms with Gasteiger partial charge in [-0.05, 0) is 38.5 Å². The molecule has 0 bridgehead atoms. The van der Waals surface area contributed by atoms with Crippen LogP contribution in [0, 0.1) is 0 Å². The smallest absolute Gasteiger partial charge is 0.303 e. The molecule has 130 valence electrons. The van der Waals surface area contributed by atoms with Crippen molar-refractivity contribution in [2.75, 3.05) is 0 Å². The van der Waals surface area contributed by atoms with Gasteiger partial charge in [0.15, 0.2) is 0 Å². The van der Waals surface area contributed by atoms with Crippen molar-refractivity contribution in [3.63, 3.8) is 0 Å². The van der Waals surface area contributed by atoms with Crippen LogP contribution in [-0.2, 0) is 9.53 Å². The van der Waals surface area contributed by atoms with Crippen LogP contribution in [0.4, 0.5) is 0 Å². The number of unbranched alkanes of at least 4 members (excludes halogenated alkanes) is 3. The van der Waals surface area contributed by atoms with Crippen LogP contribution in [0.1, 0.15) is 71.1 Å². The lowest BCUT2D eigenvalue weighted by molar-refractivity contribution is -0.137. The van der Waals surface area contributed by atoms with Gasteiger partial charge in [-0.1, -0.05) is 62.6 Å². The van der Waals surface area contributed by atoms with Gasteiger partial charge in [0.2, 0.25) is 0 Å². The van der Waals surface area contributed by atoms with Crippen molar-refractivity contribution in [3.8, 4) is 0 Å². The number of aliphatic carboxylic acids is 1. The van der Waals surface area contributed by atoms with E-state index in [0.717, 1.165) is 32.1 Å². The van der Waals surface area contributed by atoms with E-state index in [0.29, 0.717) is 12.2 Å². The van der Waals surface area contributed by atoms with E-state index in [1.54, 1.807) is 0 Å². The summed E-state index contributed by atoms with van der Waals surface area (Å²) < 4.78 is 5.66. The van der Waals surface area contributed by atoms with Crippen molar-refractivity contribution in [1.29, 1.82) is 0 Å². The van der Waals surface area contributed by atoms with E-state index in [-0.39, 0.29) is 6.42 Å². The number of ether oxygens (including phenoxy) is 1. The summed E-state index contributed by atoms with van der Waals surface area (Å²) in [6, 6.07) is 0. The van der Waals surface area contributed by atoms with Crippen molar-refractivity contribution in [1.82, 2.24) is 0 Å². The van der Waals surface area contributed by atoms with Crippen molar-refractivity contribution in [3.05, 3.63) is 36.5 Å². The highest BCUT2D eigenvalue weighted by Crippen LogP contribution is 2.30. The first-order chi connectivity index (χ1) is 11.2. The first-order valence-corrected chi connectivity index (χ1v) is 9.06. The van der Waals surface area contributed by atoms with Crippen LogP contribution < -0.4 is 0 Å². The van der Waals surface area contributed by atoms with Crippen LogP contribution >= 0.6 is 0 Å². The number of carboxylic acids is 1. The van der Waals surface area contributed by atoms with Crippen molar-refractivity contribution in [2.24, 2.45) is 0 Å². The summed E-state index contributed by atoms with van der Waals surface area (Å²) in [5.74, 6) is -0.714. The van der Waals surface area contributed by atoms with Crippen LogP contribution in [0.15, 0.2) is 36.5 Å². The molecule has 0 spiro atoms. The Morgan fingerprint density at radius 3 is 2.35 bits per heavy atom. The van der Waals surface area contributed by atoms with Gasteiger partial charge in [-0.15, -0.1) is 0 Å². The minimum atomic E-state index is -0.714. The molecule has 1 aliphatic heterocycles. The van der Waals surface area contributed by atoms with E-state index in [9.17, 15) is 4.79 Å². The summed E-state index contributed by atoms with van der Waals surface area (Å²) in [7, 11) is 0. The maximum atomic E-state index is 10.3. The highest BCUT2D eigenvalue weighted by atomic mass is 16.6. The van der Waals surface area contributed by atoms with E-state index in [1.807, 2.05) is 0 Å². The number of rotatable bonds is 14. The monoisotopic (exact) mass is 320 g/mol. The summed E-state index contributed by atoms with van der Waals surface area (Å²) in [5.41, 5.74) is 0. The Morgan fingerprint density at radius 2 is 1.65 bits per heavy atom. The lowest BCUT2D eigenvalue weighted by atomic mass is 10.1. The normalized spacial score (nSPS) is 20.9. The summed E-state index contributed by atoms with van der Waals surface area (Å²) in [6.07, 6.45) is 23.8. The maximum absolute atomic E-state index is 10.3. The highest BCUT2D eigenvalue weighted by Gasteiger charge is 2.36.